The molecule has 0 aromatic carbocycles. The second-order valence-electron chi connectivity index (χ2n) is 3.52. The van der Waals surface area contributed by atoms with Crippen LogP contribution >= 0.6 is 0 Å². The summed E-state index contributed by atoms with van der Waals surface area (Å²) in [6.07, 6.45) is 1.65. The number of hydrogen-bond acceptors (Lipinski definition) is 3. The fraction of sp³-hybridized carbons (Fsp3) is 0.778. The van der Waals surface area contributed by atoms with Crippen LogP contribution in [0.1, 0.15) is 19.8 Å². The van der Waals surface area contributed by atoms with Gasteiger partial charge in [0, 0.05) is 20.0 Å². The fourth-order valence-corrected chi connectivity index (χ4v) is 1.75. The van der Waals surface area contributed by atoms with E-state index in [4.69, 9.17) is 5.11 Å². The van der Waals surface area contributed by atoms with Crippen molar-refractivity contribution >= 4 is 11.9 Å². The third kappa shape index (κ3) is 2.99. The number of hydrogen-bond donors (Lipinski definition) is 2. The molecular weight excluding hydrogens is 184 g/mol. The molecule has 1 heterocycles. The highest BCUT2D eigenvalue weighted by molar-refractivity contribution is 5.74. The Labute approximate surface area is 83.1 Å². The van der Waals surface area contributed by atoms with Gasteiger partial charge in [-0.25, -0.2) is 0 Å². The van der Waals surface area contributed by atoms with Crippen LogP contribution in [0.2, 0.25) is 0 Å². The molecule has 0 aromatic heterocycles. The maximum Gasteiger partial charge on any atom is 0.320 e. The maximum absolute atomic E-state index is 10.8. The lowest BCUT2D eigenvalue weighted by Crippen LogP contribution is -2.40. The highest BCUT2D eigenvalue weighted by atomic mass is 16.4. The van der Waals surface area contributed by atoms with Gasteiger partial charge in [-0.2, -0.15) is 0 Å². The number of nitrogens with zero attached hydrogens (tertiary/aromatic N) is 1. The van der Waals surface area contributed by atoms with Gasteiger partial charge in [-0.05, 0) is 19.4 Å². The van der Waals surface area contributed by atoms with Crippen LogP contribution < -0.4 is 5.32 Å². The molecule has 5 nitrogen and oxygen atoms in total. The van der Waals surface area contributed by atoms with Crippen molar-refractivity contribution in [2.24, 2.45) is 0 Å². The van der Waals surface area contributed by atoms with E-state index in [1.165, 1.54) is 6.92 Å². The van der Waals surface area contributed by atoms with E-state index in [1.54, 1.807) is 0 Å². The molecule has 0 radical (unpaired) electrons. The third-order valence-corrected chi connectivity index (χ3v) is 2.42. The second-order valence-corrected chi connectivity index (χ2v) is 3.52. The summed E-state index contributed by atoms with van der Waals surface area (Å²) in [6, 6.07) is -0.358. The van der Waals surface area contributed by atoms with E-state index in [9.17, 15) is 9.59 Å². The monoisotopic (exact) mass is 200 g/mol. The van der Waals surface area contributed by atoms with E-state index >= 15 is 0 Å². The molecule has 1 rings (SSSR count). The Morgan fingerprint density at radius 2 is 2.29 bits per heavy atom. The molecular formula is C9H16N2O3. The minimum atomic E-state index is -0.759. The van der Waals surface area contributed by atoms with E-state index in [1.807, 2.05) is 4.90 Å². The standard InChI is InChI=1S/C9H16N2O3/c1-7(12)10-4-6-11-5-2-3-8(11)9(13)14/h8H,2-6H2,1H3,(H,10,12)(H,13,14)/t8-/m0/s1. The molecule has 0 unspecified atom stereocenters. The number of carbonyl (C=O) groups excluding carboxylic acids is 1. The minimum absolute atomic E-state index is 0.0731. The van der Waals surface area contributed by atoms with Gasteiger partial charge >= 0.3 is 5.97 Å². The lowest BCUT2D eigenvalue weighted by molar-refractivity contribution is -0.142. The van der Waals surface area contributed by atoms with Crippen LogP contribution in [0.4, 0.5) is 0 Å². The number of likely N-dealkylation sites (tertiary alicyclic amines) is 1. The quantitative estimate of drug-likeness (QED) is 0.652. The van der Waals surface area contributed by atoms with Gasteiger partial charge in [0.1, 0.15) is 6.04 Å². The lowest BCUT2D eigenvalue weighted by Gasteiger charge is -2.20. The molecule has 1 aliphatic rings. The van der Waals surface area contributed by atoms with Crippen LogP contribution in [-0.2, 0) is 9.59 Å². The average molecular weight is 200 g/mol. The first-order valence-corrected chi connectivity index (χ1v) is 4.82. The van der Waals surface area contributed by atoms with Crippen LogP contribution in [0.15, 0.2) is 0 Å². The number of nitrogens with one attached hydrogen (secondary N) is 1. The molecule has 80 valence electrons. The van der Waals surface area contributed by atoms with E-state index < -0.39 is 5.97 Å². The summed E-state index contributed by atoms with van der Waals surface area (Å²) >= 11 is 0. The number of amides is 1. The number of rotatable bonds is 4. The molecule has 1 saturated heterocycles. The smallest absolute Gasteiger partial charge is 0.320 e. The summed E-state index contributed by atoms with van der Waals surface area (Å²) in [5.74, 6) is -0.832. The largest absolute Gasteiger partial charge is 0.480 e. The van der Waals surface area contributed by atoms with Gasteiger partial charge in [0.15, 0.2) is 0 Å². The number of aliphatic carboxylic acids is 1. The van der Waals surface area contributed by atoms with Crippen molar-refractivity contribution in [3.8, 4) is 0 Å². The van der Waals surface area contributed by atoms with Crippen molar-refractivity contribution in [3.05, 3.63) is 0 Å². The van der Waals surface area contributed by atoms with Crippen molar-refractivity contribution in [1.29, 1.82) is 0 Å². The summed E-state index contributed by atoms with van der Waals surface area (Å²) in [6.45, 7) is 3.42. The summed E-state index contributed by atoms with van der Waals surface area (Å²) in [7, 11) is 0. The van der Waals surface area contributed by atoms with Crippen LogP contribution in [0.5, 0.6) is 0 Å². The van der Waals surface area contributed by atoms with Crippen LogP contribution in [0.25, 0.3) is 0 Å². The lowest BCUT2D eigenvalue weighted by atomic mass is 10.2. The van der Waals surface area contributed by atoms with Gasteiger partial charge in [-0.3, -0.25) is 14.5 Å². The zero-order chi connectivity index (χ0) is 10.6. The predicted molar refractivity (Wildman–Crippen MR) is 50.9 cm³/mol. The van der Waals surface area contributed by atoms with Crippen molar-refractivity contribution in [2.75, 3.05) is 19.6 Å². The summed E-state index contributed by atoms with van der Waals surface area (Å²) in [4.78, 5) is 23.3. The summed E-state index contributed by atoms with van der Waals surface area (Å²) < 4.78 is 0. The molecule has 0 aliphatic carbocycles. The van der Waals surface area contributed by atoms with Crippen LogP contribution in [0, 0.1) is 0 Å². The Kier molecular flexibility index (Phi) is 3.88. The number of carboxylic acid groups (broad SMARTS) is 1. The first-order valence-electron chi connectivity index (χ1n) is 4.82. The van der Waals surface area contributed by atoms with Crippen molar-refractivity contribution in [1.82, 2.24) is 10.2 Å². The molecule has 0 spiro atoms. The van der Waals surface area contributed by atoms with Crippen molar-refractivity contribution in [2.45, 2.75) is 25.8 Å². The van der Waals surface area contributed by atoms with E-state index in [2.05, 4.69) is 5.32 Å². The van der Waals surface area contributed by atoms with Gasteiger partial charge < -0.3 is 10.4 Å². The Bertz CT molecular complexity index is 230. The fourth-order valence-electron chi connectivity index (χ4n) is 1.75. The first-order chi connectivity index (χ1) is 6.61. The van der Waals surface area contributed by atoms with Crippen molar-refractivity contribution < 1.29 is 14.7 Å². The van der Waals surface area contributed by atoms with E-state index in [-0.39, 0.29) is 11.9 Å². The molecule has 0 bridgehead atoms. The van der Waals surface area contributed by atoms with Gasteiger partial charge in [-0.1, -0.05) is 0 Å². The summed E-state index contributed by atoms with van der Waals surface area (Å²) in [5, 5.41) is 11.5. The molecule has 1 atom stereocenters. The zero-order valence-electron chi connectivity index (χ0n) is 8.32. The third-order valence-electron chi connectivity index (χ3n) is 2.42. The number of carbonyl (C=O) groups is 2. The molecule has 1 amide bonds. The molecule has 0 saturated carbocycles. The molecule has 5 heteroatoms. The topological polar surface area (TPSA) is 69.6 Å². The second kappa shape index (κ2) is 4.95. The Balaban J connectivity index is 2.29. The zero-order valence-corrected chi connectivity index (χ0v) is 8.32. The average Bonchev–Trinajstić information content (AvgIpc) is 2.51. The normalized spacial score (nSPS) is 22.2. The van der Waals surface area contributed by atoms with Crippen LogP contribution in [-0.4, -0.2) is 47.6 Å². The molecule has 2 N–H and O–H groups in total. The van der Waals surface area contributed by atoms with Gasteiger partial charge in [0.05, 0.1) is 0 Å². The Hall–Kier alpha value is -1.10. The van der Waals surface area contributed by atoms with Crippen molar-refractivity contribution in [3.63, 3.8) is 0 Å². The molecule has 14 heavy (non-hydrogen) atoms. The Morgan fingerprint density at radius 1 is 1.57 bits per heavy atom. The highest BCUT2D eigenvalue weighted by Crippen LogP contribution is 2.16. The highest BCUT2D eigenvalue weighted by Gasteiger charge is 2.29. The predicted octanol–water partition coefficient (Wildman–Crippen LogP) is -0.328. The number of carboxylic acids is 1. The van der Waals surface area contributed by atoms with E-state index in [0.29, 0.717) is 13.1 Å². The van der Waals surface area contributed by atoms with Gasteiger partial charge in [0.2, 0.25) is 5.91 Å². The minimum Gasteiger partial charge on any atom is -0.480 e. The Morgan fingerprint density at radius 3 is 2.86 bits per heavy atom. The van der Waals surface area contributed by atoms with Gasteiger partial charge in [-0.15, -0.1) is 0 Å². The molecule has 0 aromatic rings. The maximum atomic E-state index is 10.8. The summed E-state index contributed by atoms with van der Waals surface area (Å²) in [5.41, 5.74) is 0. The molecule has 1 aliphatic heterocycles. The van der Waals surface area contributed by atoms with Gasteiger partial charge in [0.25, 0.3) is 0 Å². The molecule has 1 fully saturated rings. The van der Waals surface area contributed by atoms with Crippen LogP contribution in [0.3, 0.4) is 0 Å². The SMILES string of the molecule is CC(=O)NCCN1CCC[C@H]1C(=O)O. The van der Waals surface area contributed by atoms with E-state index in [0.717, 1.165) is 19.4 Å². The first kappa shape index (κ1) is 11.0.